The number of hydrogen-bond donors (Lipinski definition) is 1. The molecule has 0 aromatic carbocycles. The molecule has 0 fully saturated rings. The van der Waals surface area contributed by atoms with Gasteiger partial charge in [-0.2, -0.15) is 0 Å². The van der Waals surface area contributed by atoms with Gasteiger partial charge in [0.25, 0.3) is 0 Å². The maximum Gasteiger partial charge on any atom is 0.340 e. The summed E-state index contributed by atoms with van der Waals surface area (Å²) in [7, 11) is 0. The lowest BCUT2D eigenvalue weighted by molar-refractivity contribution is 0.0690. The van der Waals surface area contributed by atoms with Crippen LogP contribution in [0.15, 0.2) is 17.7 Å². The summed E-state index contributed by atoms with van der Waals surface area (Å²) >= 11 is 1.48. The fraction of sp³-hybridized carbons (Fsp3) is 0.500. The summed E-state index contributed by atoms with van der Waals surface area (Å²) < 4.78 is 0. The average Bonchev–Trinajstić information content (AvgIpc) is 2.33. The van der Waals surface area contributed by atoms with Crippen molar-refractivity contribution in [3.63, 3.8) is 0 Å². The maximum absolute atomic E-state index is 11.3. The Balaban J connectivity index is 3.02. The molecule has 0 unspecified atom stereocenters. The Labute approximate surface area is 118 Å². The van der Waals surface area contributed by atoms with Gasteiger partial charge in [0.05, 0.1) is 5.69 Å². The van der Waals surface area contributed by atoms with Crippen LogP contribution < -0.4 is 0 Å². The molecule has 0 saturated carbocycles. The minimum atomic E-state index is -0.959. The van der Waals surface area contributed by atoms with E-state index in [2.05, 4.69) is 16.5 Å². The number of hydrogen-bond acceptors (Lipinski definition) is 4. The lowest BCUT2D eigenvalue weighted by Crippen LogP contribution is -2.10. The van der Waals surface area contributed by atoms with Crippen molar-refractivity contribution in [1.29, 1.82) is 0 Å². The Bertz CT molecular complexity index is 473. The van der Waals surface area contributed by atoms with Gasteiger partial charge in [-0.1, -0.05) is 19.9 Å². The summed E-state index contributed by atoms with van der Waals surface area (Å²) in [6.45, 7) is 9.40. The second-order valence-corrected chi connectivity index (χ2v) is 5.67. The SMILES string of the molecule is C=CCCCSc1nc(C(C)C)nc(C)c1C(=O)O. The van der Waals surface area contributed by atoms with Crippen LogP contribution in [0.25, 0.3) is 0 Å². The zero-order valence-corrected chi connectivity index (χ0v) is 12.5. The second-order valence-electron chi connectivity index (χ2n) is 4.59. The molecule has 4 nitrogen and oxygen atoms in total. The lowest BCUT2D eigenvalue weighted by Gasteiger charge is -2.11. The molecule has 0 saturated heterocycles. The third-order valence-corrected chi connectivity index (χ3v) is 3.66. The molecule has 1 rings (SSSR count). The molecule has 1 aromatic rings. The topological polar surface area (TPSA) is 63.1 Å². The van der Waals surface area contributed by atoms with Crippen molar-refractivity contribution < 1.29 is 9.90 Å². The summed E-state index contributed by atoms with van der Waals surface area (Å²) in [6, 6.07) is 0. The number of nitrogens with zero attached hydrogens (tertiary/aromatic N) is 2. The van der Waals surface area contributed by atoms with E-state index >= 15 is 0 Å². The number of thioether (sulfide) groups is 1. The van der Waals surface area contributed by atoms with E-state index in [1.807, 2.05) is 19.9 Å². The van der Waals surface area contributed by atoms with Crippen LogP contribution >= 0.6 is 11.8 Å². The molecule has 0 amide bonds. The molecule has 104 valence electrons. The van der Waals surface area contributed by atoms with Gasteiger partial charge in [0.15, 0.2) is 0 Å². The first-order valence-corrected chi connectivity index (χ1v) is 7.31. The number of aromatic nitrogens is 2. The molecular weight excluding hydrogens is 260 g/mol. The van der Waals surface area contributed by atoms with Crippen LogP contribution in [-0.4, -0.2) is 26.8 Å². The van der Waals surface area contributed by atoms with E-state index in [0.717, 1.165) is 18.6 Å². The molecule has 0 bridgehead atoms. The van der Waals surface area contributed by atoms with Gasteiger partial charge in [-0.3, -0.25) is 0 Å². The van der Waals surface area contributed by atoms with E-state index in [1.165, 1.54) is 11.8 Å². The largest absolute Gasteiger partial charge is 0.478 e. The van der Waals surface area contributed by atoms with Gasteiger partial charge in [-0.05, 0) is 25.5 Å². The molecule has 0 aliphatic rings. The van der Waals surface area contributed by atoms with Gasteiger partial charge in [-0.25, -0.2) is 14.8 Å². The number of carboxylic acid groups (broad SMARTS) is 1. The van der Waals surface area contributed by atoms with Gasteiger partial charge < -0.3 is 5.11 Å². The van der Waals surface area contributed by atoms with Crippen molar-refractivity contribution in [3.8, 4) is 0 Å². The maximum atomic E-state index is 11.3. The normalized spacial score (nSPS) is 10.7. The molecule has 0 aliphatic carbocycles. The summed E-state index contributed by atoms with van der Waals surface area (Å²) in [5.41, 5.74) is 0.769. The zero-order chi connectivity index (χ0) is 14.4. The Kier molecular flexibility index (Phi) is 6.02. The van der Waals surface area contributed by atoms with Crippen molar-refractivity contribution in [3.05, 3.63) is 29.7 Å². The van der Waals surface area contributed by atoms with E-state index in [-0.39, 0.29) is 11.5 Å². The highest BCUT2D eigenvalue weighted by atomic mass is 32.2. The van der Waals surface area contributed by atoms with E-state index < -0.39 is 5.97 Å². The molecule has 0 radical (unpaired) electrons. The molecule has 0 aliphatic heterocycles. The highest BCUT2D eigenvalue weighted by Crippen LogP contribution is 2.25. The Morgan fingerprint density at radius 3 is 2.68 bits per heavy atom. The molecule has 1 N–H and O–H groups in total. The van der Waals surface area contributed by atoms with E-state index in [4.69, 9.17) is 0 Å². The predicted octanol–water partition coefficient (Wildman–Crippen LogP) is 3.66. The van der Waals surface area contributed by atoms with Crippen LogP contribution in [0, 0.1) is 6.92 Å². The van der Waals surface area contributed by atoms with E-state index in [0.29, 0.717) is 16.5 Å². The number of carboxylic acids is 1. The van der Waals surface area contributed by atoms with Gasteiger partial charge in [0.1, 0.15) is 16.4 Å². The fourth-order valence-corrected chi connectivity index (χ4v) is 2.61. The van der Waals surface area contributed by atoms with Crippen molar-refractivity contribution in [2.45, 2.75) is 44.6 Å². The fourth-order valence-electron chi connectivity index (χ4n) is 1.57. The molecule has 0 spiro atoms. The van der Waals surface area contributed by atoms with Gasteiger partial charge in [0, 0.05) is 5.92 Å². The first-order valence-electron chi connectivity index (χ1n) is 6.32. The zero-order valence-electron chi connectivity index (χ0n) is 11.6. The minimum absolute atomic E-state index is 0.189. The Hall–Kier alpha value is -1.36. The molecule has 1 aromatic heterocycles. The smallest absolute Gasteiger partial charge is 0.340 e. The number of rotatable bonds is 7. The standard InChI is InChI=1S/C14H20N2O2S/c1-5-6-7-8-19-13-11(14(17)18)10(4)15-12(16-13)9(2)3/h5,9H,1,6-8H2,2-4H3,(H,17,18). The van der Waals surface area contributed by atoms with Crippen LogP contribution in [0.3, 0.4) is 0 Å². The number of aryl methyl sites for hydroxylation is 1. The van der Waals surface area contributed by atoms with Crippen LogP contribution in [-0.2, 0) is 0 Å². The molecule has 1 heterocycles. The highest BCUT2D eigenvalue weighted by Gasteiger charge is 2.19. The Morgan fingerprint density at radius 1 is 1.47 bits per heavy atom. The third-order valence-electron chi connectivity index (χ3n) is 2.60. The molecule has 19 heavy (non-hydrogen) atoms. The molecule has 0 atom stereocenters. The quantitative estimate of drug-likeness (QED) is 0.357. The van der Waals surface area contributed by atoms with Crippen molar-refractivity contribution >= 4 is 17.7 Å². The van der Waals surface area contributed by atoms with Crippen LogP contribution in [0.5, 0.6) is 0 Å². The summed E-state index contributed by atoms with van der Waals surface area (Å²) in [6.07, 6.45) is 3.76. The average molecular weight is 280 g/mol. The number of allylic oxidation sites excluding steroid dienone is 1. The number of aromatic carboxylic acids is 1. The first-order chi connectivity index (χ1) is 8.97. The molecule has 5 heteroatoms. The van der Waals surface area contributed by atoms with Gasteiger partial charge >= 0.3 is 5.97 Å². The third kappa shape index (κ3) is 4.35. The van der Waals surface area contributed by atoms with Crippen molar-refractivity contribution in [2.24, 2.45) is 0 Å². The first kappa shape index (κ1) is 15.7. The van der Waals surface area contributed by atoms with Crippen LogP contribution in [0.2, 0.25) is 0 Å². The predicted molar refractivity (Wildman–Crippen MR) is 78.0 cm³/mol. The van der Waals surface area contributed by atoms with Crippen LogP contribution in [0.4, 0.5) is 0 Å². The monoisotopic (exact) mass is 280 g/mol. The van der Waals surface area contributed by atoms with E-state index in [1.54, 1.807) is 6.92 Å². The summed E-state index contributed by atoms with van der Waals surface area (Å²) in [5.74, 6) is 0.766. The van der Waals surface area contributed by atoms with Gasteiger partial charge in [-0.15, -0.1) is 18.3 Å². The minimum Gasteiger partial charge on any atom is -0.478 e. The second kappa shape index (κ2) is 7.28. The highest BCUT2D eigenvalue weighted by molar-refractivity contribution is 7.99. The van der Waals surface area contributed by atoms with Crippen LogP contribution in [0.1, 0.15) is 54.5 Å². The van der Waals surface area contributed by atoms with Crippen molar-refractivity contribution in [2.75, 3.05) is 5.75 Å². The number of carbonyl (C=O) groups is 1. The summed E-state index contributed by atoms with van der Waals surface area (Å²) in [5, 5.41) is 9.85. The van der Waals surface area contributed by atoms with Gasteiger partial charge in [0.2, 0.25) is 0 Å². The number of unbranched alkanes of at least 4 members (excludes halogenated alkanes) is 1. The van der Waals surface area contributed by atoms with E-state index in [9.17, 15) is 9.90 Å². The summed E-state index contributed by atoms with van der Waals surface area (Å²) in [4.78, 5) is 20.0. The van der Waals surface area contributed by atoms with Crippen molar-refractivity contribution in [1.82, 2.24) is 9.97 Å². The Morgan fingerprint density at radius 2 is 2.16 bits per heavy atom. The lowest BCUT2D eigenvalue weighted by atomic mass is 10.2. The molecular formula is C14H20N2O2S.